The molecule has 2 heterocycles. The van der Waals surface area contributed by atoms with E-state index in [1.807, 2.05) is 0 Å². The lowest BCUT2D eigenvalue weighted by molar-refractivity contribution is -0.142. The first-order valence-electron chi connectivity index (χ1n) is 5.21. The van der Waals surface area contributed by atoms with Gasteiger partial charge in [0.25, 0.3) is 0 Å². The number of carbonyl (C=O) groups is 1. The Morgan fingerprint density at radius 3 is 2.79 bits per heavy atom. The van der Waals surface area contributed by atoms with Crippen LogP contribution in [0.2, 0.25) is 0 Å². The lowest BCUT2D eigenvalue weighted by Gasteiger charge is -2.03. The predicted octanol–water partition coefficient (Wildman–Crippen LogP) is 3.45. The van der Waals surface area contributed by atoms with Crippen LogP contribution in [0.25, 0.3) is 0 Å². The minimum Gasteiger partial charge on any atom is -0.423 e. The van der Waals surface area contributed by atoms with Gasteiger partial charge in [0.1, 0.15) is 10.8 Å². The van der Waals surface area contributed by atoms with Crippen molar-refractivity contribution in [2.45, 2.75) is 17.6 Å². The summed E-state index contributed by atoms with van der Waals surface area (Å²) >= 11 is 1.16. The summed E-state index contributed by atoms with van der Waals surface area (Å²) in [7, 11) is 0. The van der Waals surface area contributed by atoms with Gasteiger partial charge in [0, 0.05) is 11.6 Å². The molecule has 1 aromatic heterocycles. The highest BCUT2D eigenvalue weighted by Gasteiger charge is 2.34. The van der Waals surface area contributed by atoms with E-state index in [2.05, 4.69) is 4.98 Å². The second-order valence-electron chi connectivity index (χ2n) is 3.66. The minimum absolute atomic E-state index is 0.0971. The number of allylic oxidation sites excluding steroid dienone is 1. The van der Waals surface area contributed by atoms with Gasteiger partial charge in [0.2, 0.25) is 0 Å². The summed E-state index contributed by atoms with van der Waals surface area (Å²) < 4.78 is 41.2. The van der Waals surface area contributed by atoms with Crippen molar-refractivity contribution in [3.63, 3.8) is 0 Å². The number of carbonyl (C=O) groups excluding carboxylic acids is 1. The van der Waals surface area contributed by atoms with Crippen molar-refractivity contribution in [1.29, 1.82) is 0 Å². The fourth-order valence-corrected chi connectivity index (χ4v) is 2.00. The molecule has 100 valence electrons. The maximum absolute atomic E-state index is 12.2. The Morgan fingerprint density at radius 2 is 2.16 bits per heavy atom. The Bertz CT molecular complexity index is 538. The summed E-state index contributed by atoms with van der Waals surface area (Å²) in [4.78, 5) is 15.2. The molecule has 0 N–H and O–H groups in total. The molecule has 0 fully saturated rings. The number of rotatable bonds is 3. The molecule has 1 aliphatic rings. The normalized spacial score (nSPS) is 17.5. The van der Waals surface area contributed by atoms with Gasteiger partial charge in [-0.05, 0) is 18.2 Å². The zero-order valence-corrected chi connectivity index (χ0v) is 10.3. The molecule has 0 saturated heterocycles. The van der Waals surface area contributed by atoms with Crippen molar-refractivity contribution in [3.05, 3.63) is 47.2 Å². The SMILES string of the molecule is O=C1O/C(=C/Sc2ccccn2)C=C1CC(F)(F)F. The summed E-state index contributed by atoms with van der Waals surface area (Å²) in [5.74, 6) is -0.856. The average molecular weight is 287 g/mol. The number of nitrogens with zero attached hydrogens (tertiary/aromatic N) is 1. The molecule has 2 rings (SSSR count). The average Bonchev–Trinajstić information content (AvgIpc) is 2.67. The van der Waals surface area contributed by atoms with Gasteiger partial charge in [-0.2, -0.15) is 13.2 Å². The molecule has 0 aromatic carbocycles. The fourth-order valence-electron chi connectivity index (χ4n) is 1.37. The first kappa shape index (κ1) is 13.7. The second-order valence-corrected chi connectivity index (χ2v) is 4.55. The predicted molar refractivity (Wildman–Crippen MR) is 63.0 cm³/mol. The molecule has 0 bridgehead atoms. The minimum atomic E-state index is -4.42. The van der Waals surface area contributed by atoms with Gasteiger partial charge in [-0.3, -0.25) is 0 Å². The molecule has 0 aliphatic carbocycles. The molecule has 0 amide bonds. The molecule has 19 heavy (non-hydrogen) atoms. The van der Waals surface area contributed by atoms with Crippen molar-refractivity contribution in [3.8, 4) is 0 Å². The van der Waals surface area contributed by atoms with Crippen LogP contribution in [0.4, 0.5) is 13.2 Å². The maximum atomic E-state index is 12.2. The molecule has 0 radical (unpaired) electrons. The van der Waals surface area contributed by atoms with E-state index in [0.717, 1.165) is 17.8 Å². The van der Waals surface area contributed by atoms with E-state index < -0.39 is 18.6 Å². The van der Waals surface area contributed by atoms with Crippen molar-refractivity contribution < 1.29 is 22.7 Å². The van der Waals surface area contributed by atoms with Crippen molar-refractivity contribution in [1.82, 2.24) is 4.98 Å². The van der Waals surface area contributed by atoms with Crippen LogP contribution in [0.15, 0.2) is 52.2 Å². The first-order chi connectivity index (χ1) is 8.94. The van der Waals surface area contributed by atoms with E-state index >= 15 is 0 Å². The lowest BCUT2D eigenvalue weighted by Crippen LogP contribution is -2.12. The van der Waals surface area contributed by atoms with E-state index in [-0.39, 0.29) is 11.3 Å². The highest BCUT2D eigenvalue weighted by molar-refractivity contribution is 8.02. The Kier molecular flexibility index (Phi) is 3.94. The van der Waals surface area contributed by atoms with Gasteiger partial charge in [0.05, 0.1) is 12.0 Å². The number of cyclic esters (lactones) is 1. The van der Waals surface area contributed by atoms with Crippen LogP contribution in [-0.4, -0.2) is 17.1 Å². The van der Waals surface area contributed by atoms with Crippen molar-refractivity contribution in [2.75, 3.05) is 0 Å². The lowest BCUT2D eigenvalue weighted by atomic mass is 10.2. The van der Waals surface area contributed by atoms with Gasteiger partial charge < -0.3 is 4.74 Å². The number of hydrogen-bond acceptors (Lipinski definition) is 4. The van der Waals surface area contributed by atoms with Gasteiger partial charge in [-0.1, -0.05) is 17.8 Å². The summed E-state index contributed by atoms with van der Waals surface area (Å²) in [6, 6.07) is 5.26. The number of ether oxygens (including phenoxy) is 1. The van der Waals surface area contributed by atoms with Gasteiger partial charge in [0.15, 0.2) is 0 Å². The number of alkyl halides is 3. The number of esters is 1. The molecule has 0 atom stereocenters. The van der Waals surface area contributed by atoms with Crippen LogP contribution in [0.1, 0.15) is 6.42 Å². The summed E-state index contributed by atoms with van der Waals surface area (Å²) in [6.07, 6.45) is -3.01. The Balaban J connectivity index is 2.05. The standard InChI is InChI=1S/C12H8F3NO2S/c13-12(14,15)6-8-5-9(18-11(8)17)7-19-10-3-1-2-4-16-10/h1-5,7H,6H2/b9-7+. The third kappa shape index (κ3) is 4.13. The van der Waals surface area contributed by atoms with Crippen molar-refractivity contribution in [2.24, 2.45) is 0 Å². The first-order valence-corrected chi connectivity index (χ1v) is 6.09. The molecule has 1 aliphatic heterocycles. The highest BCUT2D eigenvalue weighted by atomic mass is 32.2. The topological polar surface area (TPSA) is 39.2 Å². The van der Waals surface area contributed by atoms with E-state index in [1.54, 1.807) is 24.4 Å². The molecule has 0 saturated carbocycles. The van der Waals surface area contributed by atoms with Crippen LogP contribution in [-0.2, 0) is 9.53 Å². The van der Waals surface area contributed by atoms with Gasteiger partial charge >= 0.3 is 12.1 Å². The van der Waals surface area contributed by atoms with Gasteiger partial charge in [-0.15, -0.1) is 0 Å². The van der Waals surface area contributed by atoms with E-state index in [1.165, 1.54) is 5.41 Å². The second kappa shape index (κ2) is 5.48. The van der Waals surface area contributed by atoms with E-state index in [0.29, 0.717) is 5.03 Å². The number of halogens is 3. The molecule has 0 spiro atoms. The van der Waals surface area contributed by atoms with Crippen molar-refractivity contribution >= 4 is 17.7 Å². The smallest absolute Gasteiger partial charge is 0.393 e. The fraction of sp³-hybridized carbons (Fsp3) is 0.167. The molecule has 0 unspecified atom stereocenters. The van der Waals surface area contributed by atoms with Gasteiger partial charge in [-0.25, -0.2) is 9.78 Å². The largest absolute Gasteiger partial charge is 0.423 e. The number of hydrogen-bond donors (Lipinski definition) is 0. The molecular formula is C12H8F3NO2S. The third-order valence-corrected chi connectivity index (χ3v) is 2.95. The number of thioether (sulfide) groups is 1. The summed E-state index contributed by atoms with van der Waals surface area (Å²) in [5, 5.41) is 2.10. The van der Waals surface area contributed by atoms with E-state index in [4.69, 9.17) is 4.74 Å². The molecule has 7 heteroatoms. The molecular weight excluding hydrogens is 279 g/mol. The third-order valence-electron chi connectivity index (χ3n) is 2.11. The summed E-state index contributed by atoms with van der Waals surface area (Å²) in [5.41, 5.74) is -0.389. The van der Waals surface area contributed by atoms with Crippen LogP contribution in [0, 0.1) is 0 Å². The number of aromatic nitrogens is 1. The van der Waals surface area contributed by atoms with Crippen LogP contribution in [0.3, 0.4) is 0 Å². The molecule has 3 nitrogen and oxygen atoms in total. The van der Waals surface area contributed by atoms with E-state index in [9.17, 15) is 18.0 Å². The van der Waals surface area contributed by atoms with Crippen LogP contribution in [0.5, 0.6) is 0 Å². The quantitative estimate of drug-likeness (QED) is 0.630. The zero-order valence-electron chi connectivity index (χ0n) is 9.48. The summed E-state index contributed by atoms with van der Waals surface area (Å²) in [6.45, 7) is 0. The Labute approximate surface area is 111 Å². The highest BCUT2D eigenvalue weighted by Crippen LogP contribution is 2.31. The Morgan fingerprint density at radius 1 is 1.37 bits per heavy atom. The number of pyridine rings is 1. The van der Waals surface area contributed by atoms with Crippen LogP contribution >= 0.6 is 11.8 Å². The maximum Gasteiger partial charge on any atom is 0.393 e. The Hall–Kier alpha value is -1.76. The monoisotopic (exact) mass is 287 g/mol. The van der Waals surface area contributed by atoms with Crippen LogP contribution < -0.4 is 0 Å². The molecule has 1 aromatic rings. The zero-order chi connectivity index (χ0) is 13.9.